The maximum Gasteiger partial charge on any atom is 0.338 e. The van der Waals surface area contributed by atoms with Crippen LogP contribution in [-0.2, 0) is 11.3 Å². The molecule has 0 amide bonds. The largest absolute Gasteiger partial charge is 0.494 e. The van der Waals surface area contributed by atoms with Crippen molar-refractivity contribution in [3.8, 4) is 5.75 Å². The zero-order valence-corrected chi connectivity index (χ0v) is 11.7. The molecule has 0 unspecified atom stereocenters. The van der Waals surface area contributed by atoms with Gasteiger partial charge >= 0.3 is 5.97 Å². The number of esters is 1. The summed E-state index contributed by atoms with van der Waals surface area (Å²) >= 11 is 0. The smallest absolute Gasteiger partial charge is 0.338 e. The van der Waals surface area contributed by atoms with E-state index in [1.807, 2.05) is 12.1 Å². The molecular weight excluding hydrogens is 289 g/mol. The molecular formula is C16H12FNO4. The van der Waals surface area contributed by atoms with Crippen LogP contribution in [-0.4, -0.2) is 18.1 Å². The van der Waals surface area contributed by atoms with Gasteiger partial charge < -0.3 is 13.9 Å². The molecule has 0 radical (unpaired) electrons. The maximum absolute atomic E-state index is 13.5. The molecule has 2 aromatic carbocycles. The van der Waals surface area contributed by atoms with Crippen LogP contribution in [0.4, 0.5) is 4.39 Å². The second kappa shape index (κ2) is 5.85. The standard InChI is InChI=1S/C16H12FNO4/c1-20-13-7-6-10(8-11(13)17)16(19)21-9-15-18-12-4-2-3-5-14(12)22-15/h2-8H,9H2,1H3. The fraction of sp³-hybridized carbons (Fsp3) is 0.125. The van der Waals surface area contributed by atoms with Crippen molar-refractivity contribution < 1.29 is 23.1 Å². The van der Waals surface area contributed by atoms with Crippen molar-refractivity contribution in [3.63, 3.8) is 0 Å². The Hall–Kier alpha value is -2.89. The molecule has 3 rings (SSSR count). The predicted molar refractivity (Wildman–Crippen MR) is 76.1 cm³/mol. The third-order valence-electron chi connectivity index (χ3n) is 3.05. The minimum absolute atomic E-state index is 0.0653. The highest BCUT2D eigenvalue weighted by Crippen LogP contribution is 2.19. The lowest BCUT2D eigenvalue weighted by Crippen LogP contribution is -2.06. The molecule has 0 bridgehead atoms. The van der Waals surface area contributed by atoms with Crippen LogP contribution in [0.15, 0.2) is 46.9 Å². The Morgan fingerprint density at radius 1 is 1.27 bits per heavy atom. The molecule has 5 nitrogen and oxygen atoms in total. The quantitative estimate of drug-likeness (QED) is 0.692. The molecule has 3 aromatic rings. The van der Waals surface area contributed by atoms with E-state index in [-0.39, 0.29) is 23.8 Å². The highest BCUT2D eigenvalue weighted by atomic mass is 19.1. The van der Waals surface area contributed by atoms with E-state index in [1.54, 1.807) is 12.1 Å². The Morgan fingerprint density at radius 3 is 2.82 bits per heavy atom. The number of aromatic nitrogens is 1. The molecule has 0 aliphatic heterocycles. The number of halogens is 1. The second-order valence-corrected chi connectivity index (χ2v) is 4.50. The van der Waals surface area contributed by atoms with Crippen molar-refractivity contribution in [1.29, 1.82) is 0 Å². The fourth-order valence-corrected chi connectivity index (χ4v) is 1.99. The number of ether oxygens (including phenoxy) is 2. The summed E-state index contributed by atoms with van der Waals surface area (Å²) in [6.07, 6.45) is 0. The first-order chi connectivity index (χ1) is 10.7. The number of oxazole rings is 1. The van der Waals surface area contributed by atoms with Crippen LogP contribution in [0.25, 0.3) is 11.1 Å². The number of rotatable bonds is 4. The number of carbonyl (C=O) groups excluding carboxylic acids is 1. The maximum atomic E-state index is 13.5. The Labute approximate surface area is 125 Å². The first kappa shape index (κ1) is 14.1. The average molecular weight is 301 g/mol. The number of carbonyl (C=O) groups is 1. The van der Waals surface area contributed by atoms with Crippen molar-refractivity contribution in [2.24, 2.45) is 0 Å². The van der Waals surface area contributed by atoms with Gasteiger partial charge in [0.1, 0.15) is 5.52 Å². The lowest BCUT2D eigenvalue weighted by Gasteiger charge is -2.05. The minimum Gasteiger partial charge on any atom is -0.494 e. The summed E-state index contributed by atoms with van der Waals surface area (Å²) in [6, 6.07) is 11.1. The van der Waals surface area contributed by atoms with Gasteiger partial charge in [0.2, 0.25) is 5.89 Å². The van der Waals surface area contributed by atoms with E-state index in [2.05, 4.69) is 4.98 Å². The van der Waals surface area contributed by atoms with Crippen LogP contribution in [0.2, 0.25) is 0 Å². The van der Waals surface area contributed by atoms with Gasteiger partial charge in [0.05, 0.1) is 12.7 Å². The summed E-state index contributed by atoms with van der Waals surface area (Å²) in [5, 5.41) is 0. The van der Waals surface area contributed by atoms with Crippen LogP contribution in [0.5, 0.6) is 5.75 Å². The number of methoxy groups -OCH3 is 1. The van der Waals surface area contributed by atoms with Gasteiger partial charge in [-0.05, 0) is 30.3 Å². The number of fused-ring (bicyclic) bond motifs is 1. The highest BCUT2D eigenvalue weighted by molar-refractivity contribution is 5.89. The van der Waals surface area contributed by atoms with Gasteiger partial charge in [0.15, 0.2) is 23.8 Å². The fourth-order valence-electron chi connectivity index (χ4n) is 1.99. The number of hydrogen-bond acceptors (Lipinski definition) is 5. The zero-order valence-electron chi connectivity index (χ0n) is 11.7. The minimum atomic E-state index is -0.663. The van der Waals surface area contributed by atoms with E-state index in [0.29, 0.717) is 11.1 Å². The van der Waals surface area contributed by atoms with E-state index >= 15 is 0 Å². The van der Waals surface area contributed by atoms with E-state index < -0.39 is 11.8 Å². The summed E-state index contributed by atoms with van der Waals surface area (Å²) < 4.78 is 28.8. The third-order valence-corrected chi connectivity index (χ3v) is 3.05. The van der Waals surface area contributed by atoms with Crippen molar-refractivity contribution in [1.82, 2.24) is 4.98 Å². The van der Waals surface area contributed by atoms with Gasteiger partial charge in [-0.1, -0.05) is 12.1 Å². The van der Waals surface area contributed by atoms with Crippen molar-refractivity contribution in [2.75, 3.05) is 7.11 Å². The molecule has 0 aliphatic rings. The van der Waals surface area contributed by atoms with Crippen molar-refractivity contribution in [3.05, 3.63) is 59.7 Å². The number of para-hydroxylation sites is 2. The summed E-state index contributed by atoms with van der Waals surface area (Å²) in [6.45, 7) is -0.124. The Balaban J connectivity index is 1.70. The molecule has 22 heavy (non-hydrogen) atoms. The van der Waals surface area contributed by atoms with Crippen LogP contribution >= 0.6 is 0 Å². The number of nitrogens with zero attached hydrogens (tertiary/aromatic N) is 1. The number of benzene rings is 2. The molecule has 0 aliphatic carbocycles. The van der Waals surface area contributed by atoms with Gasteiger partial charge in [-0.3, -0.25) is 0 Å². The van der Waals surface area contributed by atoms with E-state index in [1.165, 1.54) is 19.2 Å². The van der Waals surface area contributed by atoms with Crippen LogP contribution in [0, 0.1) is 5.82 Å². The van der Waals surface area contributed by atoms with Crippen molar-refractivity contribution >= 4 is 17.1 Å². The summed E-state index contributed by atoms with van der Waals surface area (Å²) in [5.41, 5.74) is 1.39. The third kappa shape index (κ3) is 2.76. The van der Waals surface area contributed by atoms with Crippen LogP contribution in [0.1, 0.15) is 16.2 Å². The molecule has 112 valence electrons. The number of hydrogen-bond donors (Lipinski definition) is 0. The monoisotopic (exact) mass is 301 g/mol. The molecule has 0 saturated carbocycles. The summed E-state index contributed by atoms with van der Waals surface area (Å²) in [4.78, 5) is 16.1. The predicted octanol–water partition coefficient (Wildman–Crippen LogP) is 3.33. The molecule has 0 fully saturated rings. The van der Waals surface area contributed by atoms with Crippen LogP contribution < -0.4 is 4.74 Å². The Kier molecular flexibility index (Phi) is 3.74. The molecule has 1 aromatic heterocycles. The van der Waals surface area contributed by atoms with Gasteiger partial charge in [-0.25, -0.2) is 14.2 Å². The normalized spacial score (nSPS) is 10.6. The zero-order chi connectivity index (χ0) is 15.5. The first-order valence-corrected chi connectivity index (χ1v) is 6.52. The lowest BCUT2D eigenvalue weighted by atomic mass is 10.2. The summed E-state index contributed by atoms with van der Waals surface area (Å²) in [5.74, 6) is -0.943. The molecule has 6 heteroatoms. The molecule has 0 atom stereocenters. The molecule has 0 N–H and O–H groups in total. The van der Waals surface area contributed by atoms with Gasteiger partial charge in [0, 0.05) is 0 Å². The highest BCUT2D eigenvalue weighted by Gasteiger charge is 2.13. The molecule has 1 heterocycles. The van der Waals surface area contributed by atoms with E-state index in [4.69, 9.17) is 13.9 Å². The van der Waals surface area contributed by atoms with Gasteiger partial charge in [0.25, 0.3) is 0 Å². The first-order valence-electron chi connectivity index (χ1n) is 6.52. The molecule has 0 spiro atoms. The second-order valence-electron chi connectivity index (χ2n) is 4.50. The lowest BCUT2D eigenvalue weighted by molar-refractivity contribution is 0.0439. The van der Waals surface area contributed by atoms with E-state index in [0.717, 1.165) is 6.07 Å². The Morgan fingerprint density at radius 2 is 2.09 bits per heavy atom. The van der Waals surface area contributed by atoms with Crippen LogP contribution in [0.3, 0.4) is 0 Å². The Bertz CT molecular complexity index is 795. The summed E-state index contributed by atoms with van der Waals surface area (Å²) in [7, 11) is 1.35. The molecule has 0 saturated heterocycles. The van der Waals surface area contributed by atoms with E-state index in [9.17, 15) is 9.18 Å². The van der Waals surface area contributed by atoms with Crippen molar-refractivity contribution in [2.45, 2.75) is 6.61 Å². The van der Waals surface area contributed by atoms with Gasteiger partial charge in [-0.15, -0.1) is 0 Å². The topological polar surface area (TPSA) is 61.6 Å². The average Bonchev–Trinajstić information content (AvgIpc) is 2.95. The SMILES string of the molecule is COc1ccc(C(=O)OCc2nc3ccccc3o2)cc1F. The van der Waals surface area contributed by atoms with Gasteiger partial charge in [-0.2, -0.15) is 0 Å².